The molecule has 0 amide bonds. The largest absolute Gasteiger partial charge is 0.399 e. The third kappa shape index (κ3) is 6.82. The highest BCUT2D eigenvalue weighted by molar-refractivity contribution is 7.85. The van der Waals surface area contributed by atoms with Crippen LogP contribution in [0.2, 0.25) is 0 Å². The smallest absolute Gasteiger partial charge is 0.264 e. The second kappa shape index (κ2) is 8.24. The molecule has 120 valence electrons. The SMILES string of the molecule is CCCCN(CCCCS(=O)(=O)O)c1ccc(N)c(C)c1. The van der Waals surface area contributed by atoms with Gasteiger partial charge in [-0.05, 0) is 49.9 Å². The molecule has 5 nitrogen and oxygen atoms in total. The minimum atomic E-state index is -3.85. The lowest BCUT2D eigenvalue weighted by atomic mass is 10.1. The number of benzene rings is 1. The van der Waals surface area contributed by atoms with Gasteiger partial charge in [-0.1, -0.05) is 13.3 Å². The molecule has 3 N–H and O–H groups in total. The molecular formula is C15H26N2O3S. The lowest BCUT2D eigenvalue weighted by molar-refractivity contribution is 0.480. The van der Waals surface area contributed by atoms with Crippen molar-refractivity contribution in [3.8, 4) is 0 Å². The number of nitrogens with two attached hydrogens (primary N) is 1. The van der Waals surface area contributed by atoms with E-state index < -0.39 is 10.1 Å². The number of hydrogen-bond donors (Lipinski definition) is 2. The molecule has 21 heavy (non-hydrogen) atoms. The van der Waals surface area contributed by atoms with E-state index in [0.29, 0.717) is 6.42 Å². The van der Waals surface area contributed by atoms with E-state index in [1.807, 2.05) is 19.1 Å². The minimum absolute atomic E-state index is 0.171. The van der Waals surface area contributed by atoms with E-state index >= 15 is 0 Å². The van der Waals surface area contributed by atoms with Gasteiger partial charge in [-0.25, -0.2) is 0 Å². The summed E-state index contributed by atoms with van der Waals surface area (Å²) in [7, 11) is -3.85. The van der Waals surface area contributed by atoms with Gasteiger partial charge in [0.1, 0.15) is 0 Å². The van der Waals surface area contributed by atoms with Gasteiger partial charge in [0.05, 0.1) is 5.75 Å². The quantitative estimate of drug-likeness (QED) is 0.416. The summed E-state index contributed by atoms with van der Waals surface area (Å²) in [6.45, 7) is 5.84. The Kier molecular flexibility index (Phi) is 6.98. The Morgan fingerprint density at radius 2 is 1.86 bits per heavy atom. The van der Waals surface area contributed by atoms with Crippen molar-refractivity contribution in [3.05, 3.63) is 23.8 Å². The fourth-order valence-electron chi connectivity index (χ4n) is 2.16. The lowest BCUT2D eigenvalue weighted by Gasteiger charge is -2.25. The summed E-state index contributed by atoms with van der Waals surface area (Å²) in [4.78, 5) is 2.25. The molecule has 0 aliphatic carbocycles. The van der Waals surface area contributed by atoms with E-state index in [2.05, 4.69) is 17.9 Å². The van der Waals surface area contributed by atoms with Crippen molar-refractivity contribution >= 4 is 21.5 Å². The van der Waals surface area contributed by atoms with E-state index in [4.69, 9.17) is 10.3 Å². The van der Waals surface area contributed by atoms with Gasteiger partial charge in [-0.2, -0.15) is 8.42 Å². The molecule has 0 fully saturated rings. The van der Waals surface area contributed by atoms with Crippen LogP contribution in [0.4, 0.5) is 11.4 Å². The van der Waals surface area contributed by atoms with Crippen molar-refractivity contribution in [1.82, 2.24) is 0 Å². The highest BCUT2D eigenvalue weighted by Crippen LogP contribution is 2.21. The molecule has 0 radical (unpaired) electrons. The summed E-state index contributed by atoms with van der Waals surface area (Å²) >= 11 is 0. The second-order valence-electron chi connectivity index (χ2n) is 5.37. The number of unbranched alkanes of at least 4 members (excludes halogenated alkanes) is 2. The van der Waals surface area contributed by atoms with E-state index in [-0.39, 0.29) is 5.75 Å². The molecule has 0 heterocycles. The van der Waals surface area contributed by atoms with Crippen LogP contribution in [0.1, 0.15) is 38.2 Å². The summed E-state index contributed by atoms with van der Waals surface area (Å²) in [5.74, 6) is -0.171. The molecular weight excluding hydrogens is 288 g/mol. The normalized spacial score (nSPS) is 11.6. The molecule has 0 aliphatic rings. The van der Waals surface area contributed by atoms with Crippen LogP contribution in [0.15, 0.2) is 18.2 Å². The van der Waals surface area contributed by atoms with Crippen LogP contribution in [0.5, 0.6) is 0 Å². The highest BCUT2D eigenvalue weighted by Gasteiger charge is 2.09. The van der Waals surface area contributed by atoms with Crippen LogP contribution in [0.3, 0.4) is 0 Å². The molecule has 0 aromatic heterocycles. The van der Waals surface area contributed by atoms with Crippen molar-refractivity contribution in [1.29, 1.82) is 0 Å². The van der Waals surface area contributed by atoms with Gasteiger partial charge in [-0.15, -0.1) is 0 Å². The van der Waals surface area contributed by atoms with Crippen LogP contribution in [-0.4, -0.2) is 31.8 Å². The molecule has 1 rings (SSSR count). The number of aryl methyl sites for hydroxylation is 1. The predicted molar refractivity (Wildman–Crippen MR) is 88.4 cm³/mol. The lowest BCUT2D eigenvalue weighted by Crippen LogP contribution is -2.26. The first kappa shape index (κ1) is 17.8. The first-order valence-corrected chi connectivity index (χ1v) is 9.00. The van der Waals surface area contributed by atoms with Crippen molar-refractivity contribution in [2.75, 3.05) is 29.5 Å². The molecule has 6 heteroatoms. The molecule has 0 spiro atoms. The topological polar surface area (TPSA) is 83.6 Å². The van der Waals surface area contributed by atoms with Gasteiger partial charge in [0.15, 0.2) is 0 Å². The zero-order valence-corrected chi connectivity index (χ0v) is 13.7. The number of anilines is 2. The zero-order chi connectivity index (χ0) is 15.9. The summed E-state index contributed by atoms with van der Waals surface area (Å²) in [5, 5.41) is 0. The van der Waals surface area contributed by atoms with Gasteiger partial charge in [0.25, 0.3) is 10.1 Å². The fourth-order valence-corrected chi connectivity index (χ4v) is 2.73. The molecule has 1 aromatic rings. The summed E-state index contributed by atoms with van der Waals surface area (Å²) in [6.07, 6.45) is 3.39. The predicted octanol–water partition coefficient (Wildman–Crippen LogP) is 2.85. The molecule has 1 aromatic carbocycles. The molecule has 0 aliphatic heterocycles. The fraction of sp³-hybridized carbons (Fsp3) is 0.600. The van der Waals surface area contributed by atoms with Crippen LogP contribution in [0, 0.1) is 6.92 Å². The van der Waals surface area contributed by atoms with Crippen molar-refractivity contribution in [2.45, 2.75) is 39.5 Å². The van der Waals surface area contributed by atoms with Gasteiger partial charge in [0.2, 0.25) is 0 Å². The van der Waals surface area contributed by atoms with Crippen LogP contribution < -0.4 is 10.6 Å². The summed E-state index contributed by atoms with van der Waals surface area (Å²) < 4.78 is 30.2. The second-order valence-corrected chi connectivity index (χ2v) is 6.95. The monoisotopic (exact) mass is 314 g/mol. The van der Waals surface area contributed by atoms with Crippen molar-refractivity contribution in [3.63, 3.8) is 0 Å². The first-order valence-electron chi connectivity index (χ1n) is 7.39. The van der Waals surface area contributed by atoms with E-state index in [1.54, 1.807) is 0 Å². The number of nitrogens with zero attached hydrogens (tertiary/aromatic N) is 1. The van der Waals surface area contributed by atoms with E-state index in [0.717, 1.165) is 49.3 Å². The summed E-state index contributed by atoms with van der Waals surface area (Å²) in [5.41, 5.74) is 8.78. The van der Waals surface area contributed by atoms with Crippen LogP contribution in [-0.2, 0) is 10.1 Å². The minimum Gasteiger partial charge on any atom is -0.399 e. The molecule has 0 unspecified atom stereocenters. The average Bonchev–Trinajstić information content (AvgIpc) is 2.40. The zero-order valence-electron chi connectivity index (χ0n) is 12.9. The maximum Gasteiger partial charge on any atom is 0.264 e. The van der Waals surface area contributed by atoms with Gasteiger partial charge < -0.3 is 10.6 Å². The molecule has 0 saturated carbocycles. The molecule has 0 bridgehead atoms. The standard InChI is InChI=1S/C15H26N2O3S/c1-3-4-9-17(10-5-6-11-21(18,19)20)14-7-8-15(16)13(2)12-14/h7-8,12H,3-6,9-11,16H2,1-2H3,(H,18,19,20). The number of rotatable bonds is 9. The van der Waals surface area contributed by atoms with Crippen molar-refractivity contribution < 1.29 is 13.0 Å². The van der Waals surface area contributed by atoms with Gasteiger partial charge in [0, 0.05) is 24.5 Å². The number of nitrogen functional groups attached to an aromatic ring is 1. The Morgan fingerprint density at radius 1 is 1.19 bits per heavy atom. The highest BCUT2D eigenvalue weighted by atomic mass is 32.2. The average molecular weight is 314 g/mol. The Labute approximate surface area is 127 Å². The van der Waals surface area contributed by atoms with Crippen molar-refractivity contribution in [2.24, 2.45) is 0 Å². The molecule has 0 saturated heterocycles. The van der Waals surface area contributed by atoms with Gasteiger partial charge in [-0.3, -0.25) is 4.55 Å². The number of hydrogen-bond acceptors (Lipinski definition) is 4. The Hall–Kier alpha value is -1.27. The van der Waals surface area contributed by atoms with Crippen LogP contribution in [0.25, 0.3) is 0 Å². The maximum absolute atomic E-state index is 10.7. The third-order valence-corrected chi connectivity index (χ3v) is 4.29. The summed E-state index contributed by atoms with van der Waals surface area (Å²) in [6, 6.07) is 5.97. The maximum atomic E-state index is 10.7. The van der Waals surface area contributed by atoms with E-state index in [1.165, 1.54) is 0 Å². The first-order chi connectivity index (χ1) is 9.83. The third-order valence-electron chi connectivity index (χ3n) is 3.48. The Bertz CT molecular complexity index is 544. The Balaban J connectivity index is 2.64. The van der Waals surface area contributed by atoms with E-state index in [9.17, 15) is 8.42 Å². The van der Waals surface area contributed by atoms with Gasteiger partial charge >= 0.3 is 0 Å². The Morgan fingerprint density at radius 3 is 2.43 bits per heavy atom. The molecule has 0 atom stereocenters. The van der Waals surface area contributed by atoms with Crippen LogP contribution >= 0.6 is 0 Å².